The molecule has 0 spiro atoms. The summed E-state index contributed by atoms with van der Waals surface area (Å²) >= 11 is 0. The van der Waals surface area contributed by atoms with E-state index in [0.717, 1.165) is 31.9 Å². The van der Waals surface area contributed by atoms with Gasteiger partial charge >= 0.3 is 0 Å². The van der Waals surface area contributed by atoms with Gasteiger partial charge in [0.05, 0.1) is 0 Å². The van der Waals surface area contributed by atoms with Gasteiger partial charge in [0.25, 0.3) is 5.91 Å². The summed E-state index contributed by atoms with van der Waals surface area (Å²) in [4.78, 5) is 17.5. The first-order valence-corrected chi connectivity index (χ1v) is 11.8. The molecule has 3 aliphatic rings. The lowest BCUT2D eigenvalue weighted by molar-refractivity contribution is -0.0272. The average molecular weight is 420 g/mol. The van der Waals surface area contributed by atoms with E-state index in [1.165, 1.54) is 44.3 Å². The molecule has 1 amide bonds. The van der Waals surface area contributed by atoms with Crippen molar-refractivity contribution in [3.63, 3.8) is 0 Å². The Morgan fingerprint density at radius 1 is 0.968 bits per heavy atom. The number of likely N-dealkylation sites (tertiary alicyclic amines) is 2. The zero-order valence-corrected chi connectivity index (χ0v) is 18.2. The molecule has 1 N–H and O–H groups in total. The fourth-order valence-electron chi connectivity index (χ4n) is 4.69. The first kappa shape index (κ1) is 20.5. The summed E-state index contributed by atoms with van der Waals surface area (Å²) in [5.41, 5.74) is 2.10. The van der Waals surface area contributed by atoms with E-state index >= 15 is 0 Å². The summed E-state index contributed by atoms with van der Waals surface area (Å²) in [7, 11) is 0. The molecule has 5 heteroatoms. The summed E-state index contributed by atoms with van der Waals surface area (Å²) in [5, 5.41) is 3.03. The maximum Gasteiger partial charge on any atom is 0.251 e. The number of nitrogens with one attached hydrogen (secondary N) is 1. The molecule has 3 fully saturated rings. The van der Waals surface area contributed by atoms with Crippen LogP contribution in [-0.2, 0) is 6.54 Å². The normalized spacial score (nSPS) is 20.9. The molecular weight excluding hydrogens is 386 g/mol. The zero-order chi connectivity index (χ0) is 21.0. The van der Waals surface area contributed by atoms with Crippen LogP contribution in [0, 0.1) is 5.92 Å². The Labute approximate surface area is 185 Å². The van der Waals surface area contributed by atoms with Crippen LogP contribution in [0.4, 0.5) is 0 Å². The van der Waals surface area contributed by atoms with E-state index in [1.807, 2.05) is 24.3 Å². The molecule has 0 aromatic heterocycles. The Bertz CT molecular complexity index is 869. The third-order valence-corrected chi connectivity index (χ3v) is 6.85. The molecule has 164 valence electrons. The Balaban J connectivity index is 1.04. The number of benzene rings is 2. The monoisotopic (exact) mass is 419 g/mol. The van der Waals surface area contributed by atoms with Crippen molar-refractivity contribution in [2.45, 2.75) is 44.4 Å². The maximum atomic E-state index is 12.3. The maximum absolute atomic E-state index is 12.3. The molecule has 2 heterocycles. The predicted molar refractivity (Wildman–Crippen MR) is 122 cm³/mol. The van der Waals surface area contributed by atoms with Gasteiger partial charge in [0.1, 0.15) is 11.9 Å². The molecule has 5 rings (SSSR count). The number of nitrogens with zero attached hydrogens (tertiary/aromatic N) is 2. The average Bonchev–Trinajstić information content (AvgIpc) is 3.61. The van der Waals surface area contributed by atoms with Crippen LogP contribution in [0.15, 0.2) is 54.6 Å². The third kappa shape index (κ3) is 5.46. The Morgan fingerprint density at radius 3 is 2.48 bits per heavy atom. The van der Waals surface area contributed by atoms with Crippen molar-refractivity contribution in [2.24, 2.45) is 5.92 Å². The van der Waals surface area contributed by atoms with E-state index in [9.17, 15) is 4.79 Å². The summed E-state index contributed by atoms with van der Waals surface area (Å²) in [6.45, 7) is 6.16. The minimum absolute atomic E-state index is 0.00912. The lowest BCUT2D eigenvalue weighted by atomic mass is 9.98. The second-order valence-corrected chi connectivity index (χ2v) is 9.37. The first-order valence-electron chi connectivity index (χ1n) is 11.8. The van der Waals surface area contributed by atoms with Crippen molar-refractivity contribution in [1.82, 2.24) is 15.1 Å². The van der Waals surface area contributed by atoms with Crippen molar-refractivity contribution in [3.8, 4) is 5.75 Å². The van der Waals surface area contributed by atoms with Crippen LogP contribution < -0.4 is 10.1 Å². The van der Waals surface area contributed by atoms with E-state index in [-0.39, 0.29) is 12.0 Å². The van der Waals surface area contributed by atoms with Crippen LogP contribution in [0.3, 0.4) is 0 Å². The Hall–Kier alpha value is -2.37. The van der Waals surface area contributed by atoms with Gasteiger partial charge in [-0.1, -0.05) is 36.4 Å². The minimum Gasteiger partial charge on any atom is -0.488 e. The highest BCUT2D eigenvalue weighted by Gasteiger charge is 2.35. The van der Waals surface area contributed by atoms with Gasteiger partial charge in [-0.2, -0.15) is 0 Å². The quantitative estimate of drug-likeness (QED) is 0.711. The van der Waals surface area contributed by atoms with Crippen molar-refractivity contribution >= 4 is 5.91 Å². The van der Waals surface area contributed by atoms with Crippen molar-refractivity contribution in [3.05, 3.63) is 65.7 Å². The number of amides is 1. The number of rotatable bonds is 8. The smallest absolute Gasteiger partial charge is 0.251 e. The second-order valence-electron chi connectivity index (χ2n) is 9.37. The topological polar surface area (TPSA) is 44.8 Å². The van der Waals surface area contributed by atoms with Gasteiger partial charge in [0.15, 0.2) is 0 Å². The van der Waals surface area contributed by atoms with Gasteiger partial charge in [-0.25, -0.2) is 0 Å². The fraction of sp³-hybridized carbons (Fsp3) is 0.500. The van der Waals surface area contributed by atoms with Gasteiger partial charge in [-0.15, -0.1) is 0 Å². The fourth-order valence-corrected chi connectivity index (χ4v) is 4.69. The van der Waals surface area contributed by atoms with Crippen LogP contribution >= 0.6 is 0 Å². The molecule has 2 aromatic carbocycles. The summed E-state index contributed by atoms with van der Waals surface area (Å²) < 4.78 is 6.17. The number of ether oxygens (including phenoxy) is 1. The summed E-state index contributed by atoms with van der Waals surface area (Å²) in [5.74, 6) is 1.51. The highest BCUT2D eigenvalue weighted by Crippen LogP contribution is 2.28. The lowest BCUT2D eigenvalue weighted by Crippen LogP contribution is -2.59. The van der Waals surface area contributed by atoms with Crippen molar-refractivity contribution in [1.29, 1.82) is 0 Å². The summed E-state index contributed by atoms with van der Waals surface area (Å²) in [6, 6.07) is 19.1. The minimum atomic E-state index is 0.00912. The van der Waals surface area contributed by atoms with Gasteiger partial charge in [-0.05, 0) is 68.5 Å². The third-order valence-electron chi connectivity index (χ3n) is 6.85. The molecule has 31 heavy (non-hydrogen) atoms. The molecular formula is C26H33N3O2. The Kier molecular flexibility index (Phi) is 6.23. The molecule has 0 unspecified atom stereocenters. The number of hydrogen-bond donors (Lipinski definition) is 1. The predicted octanol–water partition coefficient (Wildman–Crippen LogP) is 3.55. The van der Waals surface area contributed by atoms with Crippen LogP contribution in [0.25, 0.3) is 0 Å². The van der Waals surface area contributed by atoms with E-state index in [2.05, 4.69) is 45.4 Å². The highest BCUT2D eigenvalue weighted by atomic mass is 16.5. The molecule has 2 saturated heterocycles. The van der Waals surface area contributed by atoms with Gasteiger partial charge in [0, 0.05) is 37.8 Å². The Morgan fingerprint density at radius 2 is 1.74 bits per heavy atom. The highest BCUT2D eigenvalue weighted by molar-refractivity contribution is 5.94. The van der Waals surface area contributed by atoms with Gasteiger partial charge < -0.3 is 10.1 Å². The number of piperidine rings is 1. The molecule has 0 radical (unpaired) electrons. The second kappa shape index (κ2) is 9.41. The molecule has 0 atom stereocenters. The molecule has 5 nitrogen and oxygen atoms in total. The largest absolute Gasteiger partial charge is 0.488 e. The zero-order valence-electron chi connectivity index (χ0n) is 18.2. The van der Waals surface area contributed by atoms with E-state index in [0.29, 0.717) is 17.5 Å². The van der Waals surface area contributed by atoms with Gasteiger partial charge in [-0.3, -0.25) is 14.6 Å². The molecule has 2 aliphatic heterocycles. The summed E-state index contributed by atoms with van der Waals surface area (Å²) in [6.07, 6.45) is 5.18. The lowest BCUT2D eigenvalue weighted by Gasteiger charge is -2.46. The number of carbonyl (C=O) groups is 1. The van der Waals surface area contributed by atoms with Crippen LogP contribution in [0.1, 0.15) is 41.6 Å². The molecule has 0 bridgehead atoms. The molecule has 2 aromatic rings. The molecule has 1 aliphatic carbocycles. The SMILES string of the molecule is O=C(NCC1CC1)c1cccc(OC2CN(C3CCN(Cc4ccccc4)CC3)C2)c1. The van der Waals surface area contributed by atoms with E-state index in [1.54, 1.807) is 0 Å². The van der Waals surface area contributed by atoms with E-state index in [4.69, 9.17) is 4.74 Å². The van der Waals surface area contributed by atoms with Crippen molar-refractivity contribution in [2.75, 3.05) is 32.7 Å². The van der Waals surface area contributed by atoms with E-state index < -0.39 is 0 Å². The first-order chi connectivity index (χ1) is 15.2. The van der Waals surface area contributed by atoms with Gasteiger partial charge in [0.2, 0.25) is 0 Å². The number of carbonyl (C=O) groups excluding carboxylic acids is 1. The molecule has 1 saturated carbocycles. The van der Waals surface area contributed by atoms with Crippen LogP contribution in [0.5, 0.6) is 5.75 Å². The number of hydrogen-bond acceptors (Lipinski definition) is 4. The standard InChI is InChI=1S/C26H33N3O2/c30-26(27-16-20-9-10-20)22-7-4-8-24(15-22)31-25-18-29(19-25)23-11-13-28(14-12-23)17-21-5-2-1-3-6-21/h1-8,15,20,23,25H,9-14,16-19H2,(H,27,30). The van der Waals surface area contributed by atoms with Crippen LogP contribution in [-0.4, -0.2) is 60.6 Å². The van der Waals surface area contributed by atoms with Crippen LogP contribution in [0.2, 0.25) is 0 Å². The van der Waals surface area contributed by atoms with Crippen molar-refractivity contribution < 1.29 is 9.53 Å².